The Morgan fingerprint density at radius 1 is 1.36 bits per heavy atom. The van der Waals surface area contributed by atoms with E-state index in [0.717, 1.165) is 37.8 Å². The quantitative estimate of drug-likeness (QED) is 0.868. The molecule has 1 atom stereocenters. The molecule has 2 aromatic rings. The summed E-state index contributed by atoms with van der Waals surface area (Å²) in [5.74, 6) is 0.492. The normalized spacial score (nSPS) is 18.1. The Bertz CT molecular complexity index is 785. The summed E-state index contributed by atoms with van der Waals surface area (Å²) in [5, 5.41) is 10.9. The summed E-state index contributed by atoms with van der Waals surface area (Å²) >= 11 is 0. The van der Waals surface area contributed by atoms with Crippen LogP contribution < -0.4 is 5.69 Å². The predicted molar refractivity (Wildman–Crippen MR) is 93.4 cm³/mol. The number of amides is 1. The van der Waals surface area contributed by atoms with E-state index in [1.54, 1.807) is 6.20 Å². The highest BCUT2D eigenvalue weighted by Crippen LogP contribution is 2.30. The van der Waals surface area contributed by atoms with Crippen molar-refractivity contribution >= 4 is 5.91 Å². The molecule has 136 valence electrons. The Balaban J connectivity index is 1.89. The Kier molecular flexibility index (Phi) is 5.06. The number of piperidine rings is 1. The first kappa shape index (κ1) is 17.4. The number of hydrogen-bond donors (Lipinski definition) is 2. The van der Waals surface area contributed by atoms with Crippen molar-refractivity contribution in [1.82, 2.24) is 29.9 Å². The van der Waals surface area contributed by atoms with Gasteiger partial charge in [-0.1, -0.05) is 13.8 Å². The zero-order chi connectivity index (χ0) is 18.0. The number of carbonyl (C=O) groups excluding carboxylic acids is 1. The van der Waals surface area contributed by atoms with Crippen LogP contribution in [-0.2, 0) is 0 Å². The molecule has 3 heterocycles. The molecule has 1 aliphatic heterocycles. The van der Waals surface area contributed by atoms with Gasteiger partial charge in [0.1, 0.15) is 0 Å². The Morgan fingerprint density at radius 2 is 2.12 bits per heavy atom. The highest BCUT2D eigenvalue weighted by Gasteiger charge is 2.32. The van der Waals surface area contributed by atoms with Crippen molar-refractivity contribution in [3.63, 3.8) is 0 Å². The van der Waals surface area contributed by atoms with Crippen LogP contribution in [-0.4, -0.2) is 42.3 Å². The summed E-state index contributed by atoms with van der Waals surface area (Å²) in [5.41, 5.74) is 1.20. The molecule has 0 aliphatic carbocycles. The number of rotatable bonds is 5. The molecule has 1 saturated heterocycles. The minimum Gasteiger partial charge on any atom is -0.328 e. The number of nitrogens with one attached hydrogen (secondary N) is 2. The van der Waals surface area contributed by atoms with Crippen LogP contribution in [0.2, 0.25) is 0 Å². The van der Waals surface area contributed by atoms with Gasteiger partial charge in [0.15, 0.2) is 5.82 Å². The number of nitrogens with zero attached hydrogens (tertiary/aromatic N) is 4. The number of H-pyrrole nitrogens is 2. The van der Waals surface area contributed by atoms with Gasteiger partial charge in [-0.3, -0.25) is 14.5 Å². The van der Waals surface area contributed by atoms with Gasteiger partial charge in [0, 0.05) is 12.2 Å². The molecule has 8 nitrogen and oxygen atoms in total. The molecular weight excluding hydrogens is 320 g/mol. The average molecular weight is 346 g/mol. The van der Waals surface area contributed by atoms with Gasteiger partial charge in [0.2, 0.25) is 0 Å². The van der Waals surface area contributed by atoms with E-state index in [-0.39, 0.29) is 17.6 Å². The molecule has 0 radical (unpaired) electrons. The van der Waals surface area contributed by atoms with Gasteiger partial charge in [0.25, 0.3) is 5.91 Å². The fourth-order valence-electron chi connectivity index (χ4n) is 3.69. The molecule has 0 aromatic carbocycles. The molecule has 0 bridgehead atoms. The van der Waals surface area contributed by atoms with Crippen molar-refractivity contribution < 1.29 is 4.79 Å². The molecule has 3 rings (SSSR count). The summed E-state index contributed by atoms with van der Waals surface area (Å²) < 4.78 is 1.96. The second-order valence-electron chi connectivity index (χ2n) is 6.63. The number of aromatic nitrogens is 5. The number of likely N-dealkylation sites (tertiary alicyclic amines) is 1. The summed E-state index contributed by atoms with van der Waals surface area (Å²) in [6.07, 6.45) is 6.40. The van der Waals surface area contributed by atoms with E-state index in [4.69, 9.17) is 0 Å². The molecule has 8 heteroatoms. The van der Waals surface area contributed by atoms with Gasteiger partial charge in [0.05, 0.1) is 23.8 Å². The topological polar surface area (TPSA) is 99.7 Å². The van der Waals surface area contributed by atoms with E-state index < -0.39 is 0 Å². The molecular formula is C17H26N6O2. The lowest BCUT2D eigenvalue weighted by Crippen LogP contribution is -2.39. The van der Waals surface area contributed by atoms with Gasteiger partial charge in [-0.05, 0) is 39.0 Å². The maximum atomic E-state index is 13.2. The standard InChI is InChI=1S/C17H26N6O2/c1-4-12(5-2)23-11(3)13(10-18-23)16(24)22-9-7-6-8-14(22)15-19-17(25)21-20-15/h10,12,14H,4-9H2,1-3H3,(H2,19,20,21,25)/t14-/m1/s1. The third-order valence-electron chi connectivity index (χ3n) is 5.16. The third-order valence-corrected chi connectivity index (χ3v) is 5.16. The Hall–Kier alpha value is -2.38. The second kappa shape index (κ2) is 7.25. The van der Waals surface area contributed by atoms with Crippen LogP contribution in [0.4, 0.5) is 0 Å². The van der Waals surface area contributed by atoms with E-state index in [1.807, 2.05) is 16.5 Å². The second-order valence-corrected chi connectivity index (χ2v) is 6.63. The van der Waals surface area contributed by atoms with Crippen LogP contribution in [0, 0.1) is 6.92 Å². The summed E-state index contributed by atoms with van der Waals surface area (Å²) in [6.45, 7) is 6.87. The molecule has 2 N–H and O–H groups in total. The predicted octanol–water partition coefficient (Wildman–Crippen LogP) is 2.33. The summed E-state index contributed by atoms with van der Waals surface area (Å²) in [7, 11) is 0. The van der Waals surface area contributed by atoms with Crippen LogP contribution in [0.5, 0.6) is 0 Å². The van der Waals surface area contributed by atoms with Gasteiger partial charge in [-0.2, -0.15) is 10.2 Å². The smallest absolute Gasteiger partial charge is 0.328 e. The lowest BCUT2D eigenvalue weighted by Gasteiger charge is -2.34. The van der Waals surface area contributed by atoms with Gasteiger partial charge >= 0.3 is 5.69 Å². The van der Waals surface area contributed by atoms with Crippen LogP contribution >= 0.6 is 0 Å². The minimum absolute atomic E-state index is 0.0387. The maximum Gasteiger partial charge on any atom is 0.340 e. The fraction of sp³-hybridized carbons (Fsp3) is 0.647. The van der Waals surface area contributed by atoms with E-state index in [9.17, 15) is 9.59 Å². The van der Waals surface area contributed by atoms with Crippen molar-refractivity contribution in [2.45, 2.75) is 65.0 Å². The van der Waals surface area contributed by atoms with Crippen molar-refractivity contribution in [2.75, 3.05) is 6.54 Å². The van der Waals surface area contributed by atoms with Crippen molar-refractivity contribution in [1.29, 1.82) is 0 Å². The van der Waals surface area contributed by atoms with E-state index >= 15 is 0 Å². The number of carbonyl (C=O) groups is 1. The van der Waals surface area contributed by atoms with Crippen LogP contribution in [0.25, 0.3) is 0 Å². The molecule has 1 fully saturated rings. The number of hydrogen-bond acceptors (Lipinski definition) is 4. The number of aromatic amines is 2. The van der Waals surface area contributed by atoms with Crippen LogP contribution in [0.3, 0.4) is 0 Å². The first-order valence-corrected chi connectivity index (χ1v) is 9.06. The van der Waals surface area contributed by atoms with Crippen molar-refractivity contribution in [2.24, 2.45) is 0 Å². The summed E-state index contributed by atoms with van der Waals surface area (Å²) in [6, 6.07) is 0.109. The van der Waals surface area contributed by atoms with E-state index in [1.165, 1.54) is 0 Å². The molecule has 2 aromatic heterocycles. The molecule has 1 aliphatic rings. The first-order chi connectivity index (χ1) is 12.1. The minimum atomic E-state index is -0.342. The highest BCUT2D eigenvalue weighted by molar-refractivity contribution is 5.95. The van der Waals surface area contributed by atoms with E-state index in [2.05, 4.69) is 34.1 Å². The van der Waals surface area contributed by atoms with E-state index in [0.29, 0.717) is 24.0 Å². The lowest BCUT2D eigenvalue weighted by molar-refractivity contribution is 0.0599. The van der Waals surface area contributed by atoms with Crippen molar-refractivity contribution in [3.8, 4) is 0 Å². The molecule has 0 unspecified atom stereocenters. The lowest BCUT2D eigenvalue weighted by atomic mass is 10.0. The zero-order valence-corrected chi connectivity index (χ0v) is 15.1. The van der Waals surface area contributed by atoms with Gasteiger partial charge < -0.3 is 4.90 Å². The largest absolute Gasteiger partial charge is 0.340 e. The highest BCUT2D eigenvalue weighted by atomic mass is 16.2. The third kappa shape index (κ3) is 3.25. The van der Waals surface area contributed by atoms with Crippen molar-refractivity contribution in [3.05, 3.63) is 33.8 Å². The fourth-order valence-corrected chi connectivity index (χ4v) is 3.69. The average Bonchev–Trinajstić information content (AvgIpc) is 3.22. The van der Waals surface area contributed by atoms with Crippen LogP contribution in [0.1, 0.15) is 79.9 Å². The van der Waals surface area contributed by atoms with Crippen LogP contribution in [0.15, 0.2) is 11.0 Å². The SMILES string of the molecule is CCC(CC)n1ncc(C(=O)N2CCCC[C@@H]2c2n[nH]c(=O)[nH]2)c1C. The summed E-state index contributed by atoms with van der Waals surface area (Å²) in [4.78, 5) is 29.1. The monoisotopic (exact) mass is 346 g/mol. The maximum absolute atomic E-state index is 13.2. The Morgan fingerprint density at radius 3 is 2.76 bits per heavy atom. The van der Waals surface area contributed by atoms with Gasteiger partial charge in [-0.15, -0.1) is 0 Å². The zero-order valence-electron chi connectivity index (χ0n) is 15.1. The Labute approximate surface area is 146 Å². The molecule has 25 heavy (non-hydrogen) atoms. The first-order valence-electron chi connectivity index (χ1n) is 9.06. The van der Waals surface area contributed by atoms with Gasteiger partial charge in [-0.25, -0.2) is 9.89 Å². The molecule has 1 amide bonds. The molecule has 0 spiro atoms. The molecule has 0 saturated carbocycles.